The van der Waals surface area contributed by atoms with Crippen molar-refractivity contribution >= 4 is 23.2 Å². The molecule has 6 nitrogen and oxygen atoms in total. The molecule has 0 aliphatic carbocycles. The summed E-state index contributed by atoms with van der Waals surface area (Å²) in [6, 6.07) is 16.8. The average Bonchev–Trinajstić information content (AvgIpc) is 2.69. The molecule has 136 valence electrons. The fourth-order valence-electron chi connectivity index (χ4n) is 2.93. The molecule has 6 heteroatoms. The third kappa shape index (κ3) is 4.40. The second-order valence-electron chi connectivity index (χ2n) is 6.18. The number of hydrogen-bond donors (Lipinski definition) is 2. The van der Waals surface area contributed by atoms with Crippen LogP contribution in [-0.2, 0) is 14.3 Å². The molecular weight excluding hydrogens is 330 g/mol. The molecule has 2 N–H and O–H groups in total. The summed E-state index contributed by atoms with van der Waals surface area (Å²) in [6.07, 6.45) is 0. The van der Waals surface area contributed by atoms with Crippen LogP contribution in [-0.4, -0.2) is 38.1 Å². The van der Waals surface area contributed by atoms with Gasteiger partial charge in [-0.1, -0.05) is 42.5 Å². The standard InChI is InChI=1S/C20H23N3O3/c1-15(16-7-3-2-4-8-16)21-19(24)20(25)22-17-9-5-6-10-18(17)23-11-13-26-14-12-23/h2-10,15H,11-14H2,1H3,(H,21,24)(H,22,25). The van der Waals surface area contributed by atoms with Crippen molar-refractivity contribution in [2.75, 3.05) is 36.5 Å². The largest absolute Gasteiger partial charge is 0.378 e. The van der Waals surface area contributed by atoms with Gasteiger partial charge in [-0.15, -0.1) is 0 Å². The van der Waals surface area contributed by atoms with Crippen molar-refractivity contribution in [3.63, 3.8) is 0 Å². The summed E-state index contributed by atoms with van der Waals surface area (Å²) >= 11 is 0. The van der Waals surface area contributed by atoms with Crippen LogP contribution in [0.5, 0.6) is 0 Å². The predicted octanol–water partition coefficient (Wildman–Crippen LogP) is 2.34. The molecule has 0 bridgehead atoms. The molecule has 2 aromatic carbocycles. The van der Waals surface area contributed by atoms with Crippen LogP contribution >= 0.6 is 0 Å². The first-order valence-electron chi connectivity index (χ1n) is 8.73. The van der Waals surface area contributed by atoms with Gasteiger partial charge in [0.05, 0.1) is 30.6 Å². The average molecular weight is 353 g/mol. The monoisotopic (exact) mass is 353 g/mol. The van der Waals surface area contributed by atoms with Gasteiger partial charge in [0, 0.05) is 13.1 Å². The van der Waals surface area contributed by atoms with E-state index in [-0.39, 0.29) is 6.04 Å². The highest BCUT2D eigenvalue weighted by Gasteiger charge is 2.20. The van der Waals surface area contributed by atoms with Gasteiger partial charge in [-0.05, 0) is 24.6 Å². The second kappa shape index (κ2) is 8.49. The van der Waals surface area contributed by atoms with Crippen LogP contribution in [0.1, 0.15) is 18.5 Å². The summed E-state index contributed by atoms with van der Waals surface area (Å²) in [5.74, 6) is -1.33. The maximum absolute atomic E-state index is 12.3. The molecule has 26 heavy (non-hydrogen) atoms. The summed E-state index contributed by atoms with van der Waals surface area (Å²) in [6.45, 7) is 4.66. The number of amides is 2. The lowest BCUT2D eigenvalue weighted by Crippen LogP contribution is -2.39. The Kier molecular flexibility index (Phi) is 5.86. The number of carbonyl (C=O) groups is 2. The summed E-state index contributed by atoms with van der Waals surface area (Å²) in [4.78, 5) is 26.8. The zero-order chi connectivity index (χ0) is 18.4. The molecule has 1 unspecified atom stereocenters. The number of morpholine rings is 1. The van der Waals surface area contributed by atoms with E-state index in [4.69, 9.17) is 4.74 Å². The van der Waals surface area contributed by atoms with Crippen LogP contribution in [0.4, 0.5) is 11.4 Å². The molecule has 0 spiro atoms. The second-order valence-corrected chi connectivity index (χ2v) is 6.18. The van der Waals surface area contributed by atoms with Crippen LogP contribution in [0.15, 0.2) is 54.6 Å². The highest BCUT2D eigenvalue weighted by Crippen LogP contribution is 2.26. The molecule has 2 aromatic rings. The third-order valence-corrected chi connectivity index (χ3v) is 4.36. The Hall–Kier alpha value is -2.86. The maximum Gasteiger partial charge on any atom is 0.313 e. The fourth-order valence-corrected chi connectivity index (χ4v) is 2.93. The van der Waals surface area contributed by atoms with Crippen LogP contribution in [0.25, 0.3) is 0 Å². The van der Waals surface area contributed by atoms with Crippen LogP contribution < -0.4 is 15.5 Å². The Labute approximate surface area is 153 Å². The quantitative estimate of drug-likeness (QED) is 0.828. The predicted molar refractivity (Wildman–Crippen MR) is 101 cm³/mol. The lowest BCUT2D eigenvalue weighted by atomic mass is 10.1. The van der Waals surface area contributed by atoms with E-state index in [0.29, 0.717) is 18.9 Å². The molecule has 1 aliphatic rings. The first kappa shape index (κ1) is 17.9. The number of rotatable bonds is 4. The fraction of sp³-hybridized carbons (Fsp3) is 0.300. The van der Waals surface area contributed by atoms with Gasteiger partial charge in [0.25, 0.3) is 0 Å². The van der Waals surface area contributed by atoms with Crippen molar-refractivity contribution < 1.29 is 14.3 Å². The summed E-state index contributed by atoms with van der Waals surface area (Å²) in [5, 5.41) is 5.46. The van der Waals surface area contributed by atoms with Crippen molar-refractivity contribution in [3.8, 4) is 0 Å². The zero-order valence-electron chi connectivity index (χ0n) is 14.8. The van der Waals surface area contributed by atoms with Gasteiger partial charge in [-0.25, -0.2) is 0 Å². The van der Waals surface area contributed by atoms with E-state index in [0.717, 1.165) is 24.3 Å². The molecule has 3 rings (SSSR count). The number of benzene rings is 2. The molecule has 1 atom stereocenters. The Morgan fingerprint density at radius 2 is 1.62 bits per heavy atom. The van der Waals surface area contributed by atoms with E-state index >= 15 is 0 Å². The SMILES string of the molecule is CC(NC(=O)C(=O)Nc1ccccc1N1CCOCC1)c1ccccc1. The van der Waals surface area contributed by atoms with Crippen molar-refractivity contribution in [1.82, 2.24) is 5.32 Å². The van der Waals surface area contributed by atoms with Gasteiger partial charge in [-0.3, -0.25) is 9.59 Å². The normalized spacial score (nSPS) is 15.2. The molecule has 1 aliphatic heterocycles. The number of anilines is 2. The Morgan fingerprint density at radius 1 is 0.962 bits per heavy atom. The minimum atomic E-state index is -0.673. The van der Waals surface area contributed by atoms with Crippen molar-refractivity contribution in [2.45, 2.75) is 13.0 Å². The molecule has 1 saturated heterocycles. The van der Waals surface area contributed by atoms with Crippen molar-refractivity contribution in [2.24, 2.45) is 0 Å². The van der Waals surface area contributed by atoms with E-state index < -0.39 is 11.8 Å². The molecule has 0 saturated carbocycles. The number of hydrogen-bond acceptors (Lipinski definition) is 4. The number of carbonyl (C=O) groups excluding carboxylic acids is 2. The molecule has 1 heterocycles. The number of para-hydroxylation sites is 2. The van der Waals surface area contributed by atoms with E-state index in [1.165, 1.54) is 0 Å². The first-order valence-corrected chi connectivity index (χ1v) is 8.73. The summed E-state index contributed by atoms with van der Waals surface area (Å²) < 4.78 is 5.37. The molecular formula is C20H23N3O3. The van der Waals surface area contributed by atoms with Crippen molar-refractivity contribution in [3.05, 3.63) is 60.2 Å². The minimum absolute atomic E-state index is 0.246. The minimum Gasteiger partial charge on any atom is -0.378 e. The van der Waals surface area contributed by atoms with E-state index in [1.54, 1.807) is 6.07 Å². The lowest BCUT2D eigenvalue weighted by Gasteiger charge is -2.30. The van der Waals surface area contributed by atoms with Crippen LogP contribution in [0.3, 0.4) is 0 Å². The van der Waals surface area contributed by atoms with Gasteiger partial charge < -0.3 is 20.3 Å². The highest BCUT2D eigenvalue weighted by atomic mass is 16.5. The Bertz CT molecular complexity index is 758. The summed E-state index contributed by atoms with van der Waals surface area (Å²) in [7, 11) is 0. The van der Waals surface area contributed by atoms with Crippen molar-refractivity contribution in [1.29, 1.82) is 0 Å². The zero-order valence-corrected chi connectivity index (χ0v) is 14.8. The maximum atomic E-state index is 12.3. The van der Waals surface area contributed by atoms with E-state index in [2.05, 4.69) is 15.5 Å². The summed E-state index contributed by atoms with van der Waals surface area (Å²) in [5.41, 5.74) is 2.47. The van der Waals surface area contributed by atoms with Gasteiger partial charge in [0.2, 0.25) is 0 Å². The third-order valence-electron chi connectivity index (χ3n) is 4.36. The van der Waals surface area contributed by atoms with Crippen LogP contribution in [0, 0.1) is 0 Å². The van der Waals surface area contributed by atoms with Gasteiger partial charge in [0.1, 0.15) is 0 Å². The molecule has 1 fully saturated rings. The van der Waals surface area contributed by atoms with E-state index in [1.807, 2.05) is 55.5 Å². The van der Waals surface area contributed by atoms with Gasteiger partial charge >= 0.3 is 11.8 Å². The van der Waals surface area contributed by atoms with E-state index in [9.17, 15) is 9.59 Å². The Morgan fingerprint density at radius 3 is 2.35 bits per heavy atom. The number of nitrogens with one attached hydrogen (secondary N) is 2. The number of ether oxygens (including phenoxy) is 1. The smallest absolute Gasteiger partial charge is 0.313 e. The van der Waals surface area contributed by atoms with Gasteiger partial charge in [-0.2, -0.15) is 0 Å². The molecule has 0 aromatic heterocycles. The molecule has 2 amide bonds. The topological polar surface area (TPSA) is 70.7 Å². The molecule has 0 radical (unpaired) electrons. The van der Waals surface area contributed by atoms with Gasteiger partial charge in [0.15, 0.2) is 0 Å². The Balaban J connectivity index is 1.65. The first-order chi connectivity index (χ1) is 12.6. The lowest BCUT2D eigenvalue weighted by molar-refractivity contribution is -0.136. The highest BCUT2D eigenvalue weighted by molar-refractivity contribution is 6.40. The number of nitrogens with zero attached hydrogens (tertiary/aromatic N) is 1. The van der Waals surface area contributed by atoms with Crippen LogP contribution in [0.2, 0.25) is 0 Å².